The van der Waals surface area contributed by atoms with Crippen molar-refractivity contribution in [1.82, 2.24) is 0 Å². The van der Waals surface area contributed by atoms with E-state index >= 15 is 0 Å². The molecule has 0 aromatic rings. The van der Waals surface area contributed by atoms with Gasteiger partial charge in [0.1, 0.15) is 0 Å². The molecule has 0 radical (unpaired) electrons. The highest BCUT2D eigenvalue weighted by Crippen LogP contribution is 2.29. The van der Waals surface area contributed by atoms with Crippen LogP contribution in [0.2, 0.25) is 0 Å². The number of rotatable bonds is 4. The predicted molar refractivity (Wildman–Crippen MR) is 41.3 cm³/mol. The molecule has 0 aromatic carbocycles. The molecule has 0 spiro atoms. The minimum atomic E-state index is -0.588. The normalized spacial score (nSPS) is 22.4. The molecule has 11 heavy (non-hydrogen) atoms. The van der Waals surface area contributed by atoms with Crippen molar-refractivity contribution in [2.45, 2.75) is 31.3 Å². The van der Waals surface area contributed by atoms with Crippen LogP contribution in [0, 0.1) is 0 Å². The van der Waals surface area contributed by atoms with Gasteiger partial charge in [0.15, 0.2) is 0 Å². The van der Waals surface area contributed by atoms with Crippen molar-refractivity contribution in [2.75, 3.05) is 19.8 Å². The number of aliphatic hydroxyl groups excluding tert-OH is 1. The summed E-state index contributed by atoms with van der Waals surface area (Å²) in [5, 5.41) is 18.1. The van der Waals surface area contributed by atoms with E-state index in [1.54, 1.807) is 0 Å². The van der Waals surface area contributed by atoms with E-state index < -0.39 is 5.60 Å². The summed E-state index contributed by atoms with van der Waals surface area (Å²) in [6.45, 7) is 0.756. The summed E-state index contributed by atoms with van der Waals surface area (Å²) in [5.41, 5.74) is -0.588. The van der Waals surface area contributed by atoms with Crippen LogP contribution in [0.4, 0.5) is 0 Å². The smallest absolute Gasteiger partial charge is 0.0880 e. The lowest BCUT2D eigenvalue weighted by Crippen LogP contribution is -2.31. The molecule has 2 N–H and O–H groups in total. The average Bonchev–Trinajstić information content (AvgIpc) is 2.38. The molecule has 0 amide bonds. The molecule has 0 saturated heterocycles. The Bertz CT molecular complexity index is 108. The van der Waals surface area contributed by atoms with E-state index in [0.29, 0.717) is 13.2 Å². The Morgan fingerprint density at radius 3 is 2.45 bits per heavy atom. The van der Waals surface area contributed by atoms with Gasteiger partial charge in [-0.3, -0.25) is 0 Å². The van der Waals surface area contributed by atoms with Gasteiger partial charge in [-0.2, -0.15) is 0 Å². The molecule has 1 aliphatic rings. The maximum absolute atomic E-state index is 9.71. The first-order chi connectivity index (χ1) is 5.27. The van der Waals surface area contributed by atoms with Gasteiger partial charge < -0.3 is 14.9 Å². The summed E-state index contributed by atoms with van der Waals surface area (Å²) in [6, 6.07) is 0. The zero-order valence-corrected chi connectivity index (χ0v) is 6.75. The van der Waals surface area contributed by atoms with Crippen molar-refractivity contribution >= 4 is 0 Å². The van der Waals surface area contributed by atoms with Crippen LogP contribution in [0.1, 0.15) is 25.7 Å². The predicted octanol–water partition coefficient (Wildman–Crippen LogP) is 0.300. The molecule has 3 nitrogen and oxygen atoms in total. The van der Waals surface area contributed by atoms with Crippen molar-refractivity contribution in [3.8, 4) is 0 Å². The number of hydrogen-bond donors (Lipinski definition) is 2. The molecule has 0 unspecified atom stereocenters. The summed E-state index contributed by atoms with van der Waals surface area (Å²) in [5.74, 6) is 0. The zero-order chi connectivity index (χ0) is 8.16. The van der Waals surface area contributed by atoms with Gasteiger partial charge in [0.2, 0.25) is 0 Å². The molecular weight excluding hydrogens is 144 g/mol. The third-order valence-electron chi connectivity index (χ3n) is 2.14. The summed E-state index contributed by atoms with van der Waals surface area (Å²) >= 11 is 0. The summed E-state index contributed by atoms with van der Waals surface area (Å²) in [6.07, 6.45) is 3.88. The minimum Gasteiger partial charge on any atom is -0.394 e. The second-order valence-corrected chi connectivity index (χ2v) is 3.21. The van der Waals surface area contributed by atoms with Crippen molar-refractivity contribution in [2.24, 2.45) is 0 Å². The van der Waals surface area contributed by atoms with E-state index in [4.69, 9.17) is 9.84 Å². The fourth-order valence-electron chi connectivity index (χ4n) is 1.50. The fraction of sp³-hybridized carbons (Fsp3) is 1.00. The lowest BCUT2D eigenvalue weighted by Gasteiger charge is -2.21. The molecule has 66 valence electrons. The first-order valence-corrected chi connectivity index (χ1v) is 4.18. The van der Waals surface area contributed by atoms with E-state index in [1.165, 1.54) is 0 Å². The van der Waals surface area contributed by atoms with Gasteiger partial charge in [-0.05, 0) is 12.8 Å². The number of hydrogen-bond acceptors (Lipinski definition) is 3. The highest BCUT2D eigenvalue weighted by Gasteiger charge is 2.30. The lowest BCUT2D eigenvalue weighted by molar-refractivity contribution is -0.0478. The summed E-state index contributed by atoms with van der Waals surface area (Å²) < 4.78 is 5.07. The van der Waals surface area contributed by atoms with Crippen LogP contribution in [-0.4, -0.2) is 35.6 Å². The van der Waals surface area contributed by atoms with E-state index in [-0.39, 0.29) is 6.61 Å². The van der Waals surface area contributed by atoms with Gasteiger partial charge in [0, 0.05) is 0 Å². The quantitative estimate of drug-likeness (QED) is 0.581. The molecule has 0 atom stereocenters. The zero-order valence-electron chi connectivity index (χ0n) is 6.75. The van der Waals surface area contributed by atoms with Crippen LogP contribution in [0.5, 0.6) is 0 Å². The Hall–Kier alpha value is -0.120. The second-order valence-electron chi connectivity index (χ2n) is 3.21. The van der Waals surface area contributed by atoms with Crippen LogP contribution in [0.25, 0.3) is 0 Å². The molecule has 1 aliphatic carbocycles. The molecule has 1 saturated carbocycles. The SMILES string of the molecule is OCCOCC1(O)CCCC1. The van der Waals surface area contributed by atoms with Crippen molar-refractivity contribution < 1.29 is 14.9 Å². The number of aliphatic hydroxyl groups is 2. The van der Waals surface area contributed by atoms with E-state index in [0.717, 1.165) is 25.7 Å². The van der Waals surface area contributed by atoms with E-state index in [9.17, 15) is 5.11 Å². The molecule has 0 heterocycles. The highest BCUT2D eigenvalue weighted by atomic mass is 16.5. The Labute approximate surface area is 67.0 Å². The Morgan fingerprint density at radius 1 is 1.27 bits per heavy atom. The maximum Gasteiger partial charge on any atom is 0.0880 e. The van der Waals surface area contributed by atoms with Crippen LogP contribution in [0.3, 0.4) is 0 Å². The Kier molecular flexibility index (Phi) is 3.30. The van der Waals surface area contributed by atoms with Crippen LogP contribution >= 0.6 is 0 Å². The first kappa shape index (κ1) is 8.97. The van der Waals surface area contributed by atoms with Gasteiger partial charge in [-0.25, -0.2) is 0 Å². The first-order valence-electron chi connectivity index (χ1n) is 4.18. The molecule has 0 aliphatic heterocycles. The topological polar surface area (TPSA) is 49.7 Å². The molecule has 1 fully saturated rings. The van der Waals surface area contributed by atoms with Crippen molar-refractivity contribution in [3.63, 3.8) is 0 Å². The van der Waals surface area contributed by atoms with Gasteiger partial charge in [0.05, 0.1) is 25.4 Å². The van der Waals surface area contributed by atoms with Gasteiger partial charge in [0.25, 0.3) is 0 Å². The minimum absolute atomic E-state index is 0.0378. The maximum atomic E-state index is 9.71. The van der Waals surface area contributed by atoms with Gasteiger partial charge >= 0.3 is 0 Å². The Morgan fingerprint density at radius 2 is 1.91 bits per heavy atom. The van der Waals surface area contributed by atoms with Crippen molar-refractivity contribution in [3.05, 3.63) is 0 Å². The molecule has 0 aromatic heterocycles. The standard InChI is InChI=1S/C8H16O3/c9-5-6-11-7-8(10)3-1-2-4-8/h9-10H,1-7H2. The fourth-order valence-corrected chi connectivity index (χ4v) is 1.50. The summed E-state index contributed by atoms with van der Waals surface area (Å²) in [4.78, 5) is 0. The molecule has 0 bridgehead atoms. The number of ether oxygens (including phenoxy) is 1. The van der Waals surface area contributed by atoms with E-state index in [1.807, 2.05) is 0 Å². The highest BCUT2D eigenvalue weighted by molar-refractivity contribution is 4.83. The molecule has 1 rings (SSSR count). The van der Waals surface area contributed by atoms with E-state index in [2.05, 4.69) is 0 Å². The lowest BCUT2D eigenvalue weighted by atomic mass is 10.0. The van der Waals surface area contributed by atoms with Crippen LogP contribution in [0.15, 0.2) is 0 Å². The largest absolute Gasteiger partial charge is 0.394 e. The van der Waals surface area contributed by atoms with Crippen LogP contribution < -0.4 is 0 Å². The molecular formula is C8H16O3. The van der Waals surface area contributed by atoms with Gasteiger partial charge in [-0.15, -0.1) is 0 Å². The third kappa shape index (κ3) is 2.77. The monoisotopic (exact) mass is 160 g/mol. The average molecular weight is 160 g/mol. The molecule has 3 heteroatoms. The van der Waals surface area contributed by atoms with Gasteiger partial charge in [-0.1, -0.05) is 12.8 Å². The Balaban J connectivity index is 2.13. The van der Waals surface area contributed by atoms with Crippen LogP contribution in [-0.2, 0) is 4.74 Å². The third-order valence-corrected chi connectivity index (χ3v) is 2.14. The second kappa shape index (κ2) is 4.04. The summed E-state index contributed by atoms with van der Waals surface area (Å²) in [7, 11) is 0. The van der Waals surface area contributed by atoms with Crippen molar-refractivity contribution in [1.29, 1.82) is 0 Å².